The van der Waals surface area contributed by atoms with Crippen LogP contribution < -0.4 is 5.73 Å². The van der Waals surface area contributed by atoms with Crippen LogP contribution in [0.15, 0.2) is 12.3 Å². The van der Waals surface area contributed by atoms with Crippen LogP contribution in [0.3, 0.4) is 0 Å². The molecule has 2 amide bonds. The summed E-state index contributed by atoms with van der Waals surface area (Å²) in [5.41, 5.74) is 5.59. The number of nitrogens with one attached hydrogen (secondary N) is 1. The minimum atomic E-state index is -0.598. The Kier molecular flexibility index (Phi) is 3.68. The second-order valence-electron chi connectivity index (χ2n) is 3.70. The van der Waals surface area contributed by atoms with Crippen LogP contribution in [-0.2, 0) is 0 Å². The predicted octanol–water partition coefficient (Wildman–Crippen LogP) is -0.434. The summed E-state index contributed by atoms with van der Waals surface area (Å²) in [6.45, 7) is 1.82. The minimum Gasteiger partial charge on any atom is -0.392 e. The van der Waals surface area contributed by atoms with E-state index in [0.717, 1.165) is 0 Å². The molecule has 0 fully saturated rings. The van der Waals surface area contributed by atoms with Gasteiger partial charge in [-0.25, -0.2) is 0 Å². The van der Waals surface area contributed by atoms with E-state index in [1.54, 1.807) is 14.0 Å². The van der Waals surface area contributed by atoms with Gasteiger partial charge in [-0.3, -0.25) is 9.59 Å². The first-order chi connectivity index (χ1) is 7.41. The second-order valence-corrected chi connectivity index (χ2v) is 3.70. The first kappa shape index (κ1) is 12.3. The average molecular weight is 225 g/mol. The third kappa shape index (κ3) is 2.83. The number of aliphatic hydroxyl groups excluding tert-OH is 1. The van der Waals surface area contributed by atoms with Crippen LogP contribution in [0.25, 0.3) is 0 Å². The summed E-state index contributed by atoms with van der Waals surface area (Å²) in [7, 11) is 1.57. The summed E-state index contributed by atoms with van der Waals surface area (Å²) in [5, 5.41) is 9.13. The number of rotatable bonds is 4. The van der Waals surface area contributed by atoms with Crippen molar-refractivity contribution < 1.29 is 14.7 Å². The van der Waals surface area contributed by atoms with E-state index in [0.29, 0.717) is 0 Å². The molecule has 0 aliphatic heterocycles. The van der Waals surface area contributed by atoms with Gasteiger partial charge in [0.2, 0.25) is 5.91 Å². The Balaban J connectivity index is 2.76. The fraction of sp³-hybridized carbons (Fsp3) is 0.400. The molecule has 1 rings (SSSR count). The Labute approximate surface area is 93.0 Å². The number of nitrogens with two attached hydrogens (primary N) is 1. The lowest BCUT2D eigenvalue weighted by Crippen LogP contribution is -2.33. The molecule has 0 saturated heterocycles. The largest absolute Gasteiger partial charge is 0.392 e. The standard InChI is InChI=1S/C10H15N3O3/c1-6(14)5-13(2)10(16)8-3-7(4-12-8)9(11)15/h3-4,6,12,14H,5H2,1-2H3,(H2,11,15). The molecule has 0 radical (unpaired) electrons. The van der Waals surface area contributed by atoms with Crippen molar-refractivity contribution in [2.45, 2.75) is 13.0 Å². The highest BCUT2D eigenvalue weighted by molar-refractivity contribution is 5.98. The van der Waals surface area contributed by atoms with E-state index >= 15 is 0 Å². The molecule has 0 bridgehead atoms. The third-order valence-electron chi connectivity index (χ3n) is 2.08. The number of amides is 2. The molecule has 0 saturated carbocycles. The first-order valence-electron chi connectivity index (χ1n) is 4.83. The van der Waals surface area contributed by atoms with Crippen LogP contribution in [-0.4, -0.2) is 46.5 Å². The van der Waals surface area contributed by atoms with Crippen molar-refractivity contribution in [3.63, 3.8) is 0 Å². The van der Waals surface area contributed by atoms with Crippen LogP contribution in [0.1, 0.15) is 27.8 Å². The van der Waals surface area contributed by atoms with E-state index in [4.69, 9.17) is 10.8 Å². The highest BCUT2D eigenvalue weighted by Gasteiger charge is 2.16. The molecule has 0 aromatic carbocycles. The van der Waals surface area contributed by atoms with Gasteiger partial charge in [-0.05, 0) is 13.0 Å². The van der Waals surface area contributed by atoms with E-state index in [1.165, 1.54) is 17.2 Å². The lowest BCUT2D eigenvalue weighted by molar-refractivity contribution is 0.0699. The topological polar surface area (TPSA) is 99.4 Å². The fourth-order valence-electron chi connectivity index (χ4n) is 1.34. The van der Waals surface area contributed by atoms with Crippen molar-refractivity contribution in [1.29, 1.82) is 0 Å². The molecule has 6 heteroatoms. The molecule has 1 heterocycles. The van der Waals surface area contributed by atoms with E-state index in [-0.39, 0.29) is 23.7 Å². The van der Waals surface area contributed by atoms with Crippen LogP contribution in [0.5, 0.6) is 0 Å². The van der Waals surface area contributed by atoms with Crippen LogP contribution in [0, 0.1) is 0 Å². The van der Waals surface area contributed by atoms with Gasteiger partial charge in [0.1, 0.15) is 5.69 Å². The predicted molar refractivity (Wildman–Crippen MR) is 58.0 cm³/mol. The number of nitrogens with zero attached hydrogens (tertiary/aromatic N) is 1. The number of aromatic nitrogens is 1. The zero-order chi connectivity index (χ0) is 12.3. The minimum absolute atomic E-state index is 0.226. The van der Waals surface area contributed by atoms with E-state index < -0.39 is 12.0 Å². The van der Waals surface area contributed by atoms with Gasteiger partial charge in [0.05, 0.1) is 11.7 Å². The Morgan fingerprint density at radius 3 is 2.69 bits per heavy atom. The number of hydrogen-bond donors (Lipinski definition) is 3. The number of aromatic amines is 1. The summed E-state index contributed by atoms with van der Waals surface area (Å²) >= 11 is 0. The molecule has 4 N–H and O–H groups in total. The highest BCUT2D eigenvalue weighted by Crippen LogP contribution is 2.06. The summed E-state index contributed by atoms with van der Waals surface area (Å²) in [4.78, 5) is 26.6. The zero-order valence-electron chi connectivity index (χ0n) is 9.23. The monoisotopic (exact) mass is 225 g/mol. The van der Waals surface area contributed by atoms with E-state index in [9.17, 15) is 9.59 Å². The lowest BCUT2D eigenvalue weighted by Gasteiger charge is -2.17. The number of hydrogen-bond acceptors (Lipinski definition) is 3. The van der Waals surface area contributed by atoms with Gasteiger partial charge in [0.25, 0.3) is 5.91 Å². The van der Waals surface area contributed by atoms with Crippen LogP contribution >= 0.6 is 0 Å². The highest BCUT2D eigenvalue weighted by atomic mass is 16.3. The van der Waals surface area contributed by atoms with Gasteiger partial charge in [0.15, 0.2) is 0 Å². The molecule has 1 aromatic heterocycles. The van der Waals surface area contributed by atoms with Gasteiger partial charge in [-0.15, -0.1) is 0 Å². The van der Waals surface area contributed by atoms with Gasteiger partial charge >= 0.3 is 0 Å². The fourth-order valence-corrected chi connectivity index (χ4v) is 1.34. The maximum absolute atomic E-state index is 11.7. The Hall–Kier alpha value is -1.82. The first-order valence-corrected chi connectivity index (χ1v) is 4.83. The molecule has 16 heavy (non-hydrogen) atoms. The number of H-pyrrole nitrogens is 1. The summed E-state index contributed by atoms with van der Waals surface area (Å²) in [6.07, 6.45) is 0.783. The van der Waals surface area contributed by atoms with Gasteiger partial charge in [0, 0.05) is 19.8 Å². The Morgan fingerprint density at radius 2 is 2.25 bits per heavy atom. The average Bonchev–Trinajstić information content (AvgIpc) is 2.64. The van der Waals surface area contributed by atoms with Crippen molar-refractivity contribution in [1.82, 2.24) is 9.88 Å². The SMILES string of the molecule is CC(O)CN(C)C(=O)c1cc(C(N)=O)c[nH]1. The molecule has 0 aliphatic carbocycles. The van der Waals surface area contributed by atoms with Crippen molar-refractivity contribution in [3.05, 3.63) is 23.5 Å². The maximum Gasteiger partial charge on any atom is 0.270 e. The van der Waals surface area contributed by atoms with Crippen molar-refractivity contribution in [2.24, 2.45) is 5.73 Å². The quantitative estimate of drug-likeness (QED) is 0.648. The molecule has 0 spiro atoms. The molecule has 1 unspecified atom stereocenters. The summed E-state index contributed by atoms with van der Waals surface area (Å²) < 4.78 is 0. The molecule has 1 atom stereocenters. The van der Waals surface area contributed by atoms with Gasteiger partial charge in [-0.2, -0.15) is 0 Å². The van der Waals surface area contributed by atoms with Gasteiger partial charge in [-0.1, -0.05) is 0 Å². The smallest absolute Gasteiger partial charge is 0.270 e. The third-order valence-corrected chi connectivity index (χ3v) is 2.08. The molecular weight excluding hydrogens is 210 g/mol. The number of likely N-dealkylation sites (N-methyl/N-ethyl adjacent to an activating group) is 1. The summed E-state index contributed by atoms with van der Waals surface area (Å²) in [6, 6.07) is 1.39. The van der Waals surface area contributed by atoms with Gasteiger partial charge < -0.3 is 20.7 Å². The Bertz CT molecular complexity index is 398. The number of carbonyl (C=O) groups is 2. The second kappa shape index (κ2) is 4.80. The molecule has 88 valence electrons. The summed E-state index contributed by atoms with van der Waals surface area (Å²) in [5.74, 6) is -0.887. The van der Waals surface area contributed by atoms with E-state index in [1.807, 2.05) is 0 Å². The lowest BCUT2D eigenvalue weighted by atomic mass is 10.2. The maximum atomic E-state index is 11.7. The van der Waals surface area contributed by atoms with Crippen molar-refractivity contribution in [2.75, 3.05) is 13.6 Å². The van der Waals surface area contributed by atoms with Crippen molar-refractivity contribution in [3.8, 4) is 0 Å². The van der Waals surface area contributed by atoms with Crippen LogP contribution in [0.2, 0.25) is 0 Å². The molecule has 6 nitrogen and oxygen atoms in total. The van der Waals surface area contributed by atoms with Crippen LogP contribution in [0.4, 0.5) is 0 Å². The number of aliphatic hydroxyl groups is 1. The van der Waals surface area contributed by atoms with Crippen molar-refractivity contribution >= 4 is 11.8 Å². The van der Waals surface area contributed by atoms with E-state index in [2.05, 4.69) is 4.98 Å². The molecule has 1 aromatic rings. The molecular formula is C10H15N3O3. The zero-order valence-corrected chi connectivity index (χ0v) is 9.23. The normalized spacial score (nSPS) is 12.2. The number of primary amides is 1. The number of carbonyl (C=O) groups excluding carboxylic acids is 2. The Morgan fingerprint density at radius 1 is 1.62 bits per heavy atom. The molecule has 0 aliphatic rings.